The Balaban J connectivity index is 1.86. The molecule has 0 fully saturated rings. The summed E-state index contributed by atoms with van der Waals surface area (Å²) < 4.78 is 1.95. The molecule has 2 heterocycles. The van der Waals surface area contributed by atoms with E-state index in [1.807, 2.05) is 49.9 Å². The standard InChI is InChI=1S/C15H22N4O/c1-12-5-8-19-11-13(17-14(19)9-12)10-15(20)16-6-4-7-18(2)3/h5,8-9,11H,4,6-7,10H2,1-3H3,(H,16,20). The molecule has 0 aliphatic rings. The number of carbonyl (C=O) groups excluding carboxylic acids is 1. The van der Waals surface area contributed by atoms with Gasteiger partial charge in [-0.25, -0.2) is 4.98 Å². The van der Waals surface area contributed by atoms with Crippen molar-refractivity contribution in [3.8, 4) is 0 Å². The third kappa shape index (κ3) is 4.06. The molecule has 0 spiro atoms. The third-order valence-corrected chi connectivity index (χ3v) is 3.11. The summed E-state index contributed by atoms with van der Waals surface area (Å²) >= 11 is 0. The molecule has 0 radical (unpaired) electrons. The summed E-state index contributed by atoms with van der Waals surface area (Å²) in [6.07, 6.45) is 5.18. The van der Waals surface area contributed by atoms with Gasteiger partial charge in [0.25, 0.3) is 0 Å². The van der Waals surface area contributed by atoms with Crippen molar-refractivity contribution in [2.24, 2.45) is 0 Å². The molecule has 0 unspecified atom stereocenters. The predicted octanol–water partition coefficient (Wildman–Crippen LogP) is 1.25. The van der Waals surface area contributed by atoms with Crippen LogP contribution in [0.3, 0.4) is 0 Å². The smallest absolute Gasteiger partial charge is 0.226 e. The lowest BCUT2D eigenvalue weighted by atomic mass is 10.3. The zero-order valence-corrected chi connectivity index (χ0v) is 12.4. The lowest BCUT2D eigenvalue weighted by Gasteiger charge is -2.09. The van der Waals surface area contributed by atoms with E-state index in [2.05, 4.69) is 15.2 Å². The van der Waals surface area contributed by atoms with E-state index in [9.17, 15) is 4.79 Å². The van der Waals surface area contributed by atoms with Gasteiger partial charge in [-0.3, -0.25) is 4.79 Å². The number of rotatable bonds is 6. The topological polar surface area (TPSA) is 49.6 Å². The van der Waals surface area contributed by atoms with E-state index in [1.165, 1.54) is 5.56 Å². The SMILES string of the molecule is Cc1ccn2cc(CC(=O)NCCCN(C)C)nc2c1. The Morgan fingerprint density at radius 1 is 1.45 bits per heavy atom. The van der Waals surface area contributed by atoms with Gasteiger partial charge in [-0.2, -0.15) is 0 Å². The molecule has 2 aromatic rings. The Bertz CT molecular complexity index is 589. The maximum Gasteiger partial charge on any atom is 0.226 e. The van der Waals surface area contributed by atoms with E-state index < -0.39 is 0 Å². The molecule has 2 rings (SSSR count). The summed E-state index contributed by atoms with van der Waals surface area (Å²) in [5.41, 5.74) is 2.86. The van der Waals surface area contributed by atoms with E-state index >= 15 is 0 Å². The molecule has 0 aliphatic heterocycles. The highest BCUT2D eigenvalue weighted by atomic mass is 16.1. The Hall–Kier alpha value is -1.88. The van der Waals surface area contributed by atoms with Crippen molar-refractivity contribution in [3.05, 3.63) is 35.8 Å². The average Bonchev–Trinajstić information content (AvgIpc) is 2.75. The largest absolute Gasteiger partial charge is 0.356 e. The summed E-state index contributed by atoms with van der Waals surface area (Å²) in [7, 11) is 4.06. The number of aromatic nitrogens is 2. The Morgan fingerprint density at radius 3 is 3.00 bits per heavy atom. The highest BCUT2D eigenvalue weighted by Crippen LogP contribution is 2.08. The fourth-order valence-electron chi connectivity index (χ4n) is 2.07. The number of fused-ring (bicyclic) bond motifs is 1. The number of pyridine rings is 1. The van der Waals surface area contributed by atoms with E-state index in [4.69, 9.17) is 0 Å². The van der Waals surface area contributed by atoms with Crippen molar-refractivity contribution >= 4 is 11.6 Å². The van der Waals surface area contributed by atoms with Crippen LogP contribution in [0.15, 0.2) is 24.5 Å². The van der Waals surface area contributed by atoms with Crippen LogP contribution in [0.1, 0.15) is 17.7 Å². The van der Waals surface area contributed by atoms with E-state index in [0.29, 0.717) is 13.0 Å². The Labute approximate surface area is 119 Å². The lowest BCUT2D eigenvalue weighted by molar-refractivity contribution is -0.120. The highest BCUT2D eigenvalue weighted by Gasteiger charge is 2.07. The van der Waals surface area contributed by atoms with Gasteiger partial charge >= 0.3 is 0 Å². The fourth-order valence-corrected chi connectivity index (χ4v) is 2.07. The normalized spacial score (nSPS) is 11.2. The van der Waals surface area contributed by atoms with Gasteiger partial charge < -0.3 is 14.6 Å². The molecule has 5 nitrogen and oxygen atoms in total. The summed E-state index contributed by atoms with van der Waals surface area (Å²) in [5.74, 6) is 0.0314. The highest BCUT2D eigenvalue weighted by molar-refractivity contribution is 5.78. The first-order valence-electron chi connectivity index (χ1n) is 6.90. The molecule has 0 aromatic carbocycles. The molecule has 1 amide bonds. The molecule has 0 atom stereocenters. The Morgan fingerprint density at radius 2 is 2.25 bits per heavy atom. The van der Waals surface area contributed by atoms with Gasteiger partial charge in [0.15, 0.2) is 0 Å². The molecule has 108 valence electrons. The zero-order chi connectivity index (χ0) is 14.5. The molecule has 0 aliphatic carbocycles. The predicted molar refractivity (Wildman–Crippen MR) is 79.8 cm³/mol. The second-order valence-electron chi connectivity index (χ2n) is 5.39. The van der Waals surface area contributed by atoms with Gasteiger partial charge in [0.1, 0.15) is 5.65 Å². The Kier molecular flexibility index (Phi) is 4.74. The minimum absolute atomic E-state index is 0.0314. The van der Waals surface area contributed by atoms with Crippen LogP contribution in [0, 0.1) is 6.92 Å². The van der Waals surface area contributed by atoms with E-state index in [-0.39, 0.29) is 5.91 Å². The molecule has 2 aromatic heterocycles. The van der Waals surface area contributed by atoms with Crippen LogP contribution in [0.4, 0.5) is 0 Å². The maximum absolute atomic E-state index is 11.8. The lowest BCUT2D eigenvalue weighted by Crippen LogP contribution is -2.28. The third-order valence-electron chi connectivity index (χ3n) is 3.11. The van der Waals surface area contributed by atoms with E-state index in [0.717, 1.165) is 24.3 Å². The number of nitrogens with zero attached hydrogens (tertiary/aromatic N) is 3. The molecule has 0 saturated heterocycles. The molecular formula is C15H22N4O. The molecule has 0 bridgehead atoms. The van der Waals surface area contributed by atoms with Crippen molar-refractivity contribution < 1.29 is 4.79 Å². The van der Waals surface area contributed by atoms with Gasteiger partial charge in [0, 0.05) is 18.9 Å². The molecule has 0 saturated carbocycles. The number of nitrogens with one attached hydrogen (secondary N) is 1. The zero-order valence-electron chi connectivity index (χ0n) is 12.4. The number of hydrogen-bond donors (Lipinski definition) is 1. The molecular weight excluding hydrogens is 252 g/mol. The van der Waals surface area contributed by atoms with Crippen LogP contribution >= 0.6 is 0 Å². The minimum Gasteiger partial charge on any atom is -0.356 e. The van der Waals surface area contributed by atoms with Crippen LogP contribution in [0.5, 0.6) is 0 Å². The number of amides is 1. The second-order valence-corrected chi connectivity index (χ2v) is 5.39. The number of carbonyl (C=O) groups is 1. The van der Waals surface area contributed by atoms with Crippen molar-refractivity contribution in [1.82, 2.24) is 19.6 Å². The van der Waals surface area contributed by atoms with Gasteiger partial charge in [0.2, 0.25) is 5.91 Å². The van der Waals surface area contributed by atoms with Crippen LogP contribution in [-0.2, 0) is 11.2 Å². The molecule has 20 heavy (non-hydrogen) atoms. The van der Waals surface area contributed by atoms with Crippen molar-refractivity contribution in [2.45, 2.75) is 19.8 Å². The number of hydrogen-bond acceptors (Lipinski definition) is 3. The van der Waals surface area contributed by atoms with Gasteiger partial charge in [-0.15, -0.1) is 0 Å². The summed E-state index contributed by atoms with van der Waals surface area (Å²) in [6, 6.07) is 4.04. The first kappa shape index (κ1) is 14.5. The monoisotopic (exact) mass is 274 g/mol. The summed E-state index contributed by atoms with van der Waals surface area (Å²) in [4.78, 5) is 18.4. The van der Waals surface area contributed by atoms with Gasteiger partial charge in [-0.1, -0.05) is 0 Å². The van der Waals surface area contributed by atoms with Crippen molar-refractivity contribution in [2.75, 3.05) is 27.2 Å². The quantitative estimate of drug-likeness (QED) is 0.807. The second kappa shape index (κ2) is 6.52. The first-order valence-corrected chi connectivity index (χ1v) is 6.90. The maximum atomic E-state index is 11.8. The van der Waals surface area contributed by atoms with Crippen LogP contribution in [0.25, 0.3) is 5.65 Å². The van der Waals surface area contributed by atoms with Gasteiger partial charge in [-0.05, 0) is 51.7 Å². The average molecular weight is 274 g/mol. The van der Waals surface area contributed by atoms with Crippen LogP contribution < -0.4 is 5.32 Å². The number of aryl methyl sites for hydroxylation is 1. The summed E-state index contributed by atoms with van der Waals surface area (Å²) in [6.45, 7) is 3.73. The minimum atomic E-state index is 0.0314. The van der Waals surface area contributed by atoms with E-state index in [1.54, 1.807) is 0 Å². The van der Waals surface area contributed by atoms with Crippen LogP contribution in [0.2, 0.25) is 0 Å². The fraction of sp³-hybridized carbons (Fsp3) is 0.467. The van der Waals surface area contributed by atoms with Crippen LogP contribution in [-0.4, -0.2) is 47.4 Å². The van der Waals surface area contributed by atoms with Crippen molar-refractivity contribution in [1.29, 1.82) is 0 Å². The summed E-state index contributed by atoms with van der Waals surface area (Å²) in [5, 5.41) is 2.93. The first-order chi connectivity index (χ1) is 9.54. The molecule has 1 N–H and O–H groups in total. The van der Waals surface area contributed by atoms with Gasteiger partial charge in [0.05, 0.1) is 12.1 Å². The van der Waals surface area contributed by atoms with Crippen molar-refractivity contribution in [3.63, 3.8) is 0 Å². The number of imidazole rings is 1. The molecule has 5 heteroatoms.